The molecule has 0 spiro atoms. The van der Waals surface area contributed by atoms with Crippen LogP contribution < -0.4 is 4.74 Å². The number of hydrogen-bond acceptors (Lipinski definition) is 8. The first-order chi connectivity index (χ1) is 13.0. The molecule has 9 nitrogen and oxygen atoms in total. The van der Waals surface area contributed by atoms with Crippen LogP contribution in [0.3, 0.4) is 0 Å². The summed E-state index contributed by atoms with van der Waals surface area (Å²) in [5.41, 5.74) is 0.639. The van der Waals surface area contributed by atoms with Gasteiger partial charge in [-0.05, 0) is 36.4 Å². The highest BCUT2D eigenvalue weighted by molar-refractivity contribution is 6.30. The topological polar surface area (TPSA) is 118 Å². The Kier molecular flexibility index (Phi) is 5.62. The summed E-state index contributed by atoms with van der Waals surface area (Å²) in [4.78, 5) is 25.9. The lowest BCUT2D eigenvalue weighted by Crippen LogP contribution is -2.14. The zero-order valence-electron chi connectivity index (χ0n) is 13.7. The lowest BCUT2D eigenvalue weighted by Gasteiger charge is -2.05. The van der Waals surface area contributed by atoms with Crippen molar-refractivity contribution < 1.29 is 23.7 Å². The van der Waals surface area contributed by atoms with Crippen LogP contribution in [0, 0.1) is 10.1 Å². The maximum Gasteiger partial charge on any atom is 0.344 e. The molecule has 0 amide bonds. The second kappa shape index (κ2) is 8.28. The number of nitro groups is 1. The molecule has 0 bridgehead atoms. The van der Waals surface area contributed by atoms with Crippen molar-refractivity contribution in [3.8, 4) is 17.1 Å². The first kappa shape index (κ1) is 18.3. The van der Waals surface area contributed by atoms with E-state index in [0.29, 0.717) is 22.2 Å². The molecule has 0 aliphatic rings. The number of aromatic nitrogens is 2. The van der Waals surface area contributed by atoms with Gasteiger partial charge in [0.1, 0.15) is 5.75 Å². The van der Waals surface area contributed by atoms with Crippen LogP contribution in [0.1, 0.15) is 5.89 Å². The SMILES string of the molecule is O=C(COc1ccc([N+](=O)[O-])cc1)OCc1nc(-c2ccc(Cl)cc2)no1. The van der Waals surface area contributed by atoms with E-state index < -0.39 is 10.9 Å². The highest BCUT2D eigenvalue weighted by Crippen LogP contribution is 2.19. The van der Waals surface area contributed by atoms with E-state index in [1.165, 1.54) is 24.3 Å². The maximum atomic E-state index is 11.7. The fraction of sp³-hybridized carbons (Fsp3) is 0.118. The molecule has 0 fully saturated rings. The van der Waals surface area contributed by atoms with Gasteiger partial charge >= 0.3 is 5.97 Å². The van der Waals surface area contributed by atoms with Crippen LogP contribution in [0.2, 0.25) is 5.02 Å². The standard InChI is InChI=1S/C17H12ClN3O6/c18-12-3-1-11(2-4-12)17-19-15(27-20-17)9-26-16(22)10-25-14-7-5-13(6-8-14)21(23)24/h1-8H,9-10H2. The van der Waals surface area contributed by atoms with Crippen LogP contribution in [0.25, 0.3) is 11.4 Å². The lowest BCUT2D eigenvalue weighted by molar-refractivity contribution is -0.384. The molecule has 3 rings (SSSR count). The van der Waals surface area contributed by atoms with E-state index in [-0.39, 0.29) is 24.8 Å². The van der Waals surface area contributed by atoms with Crippen molar-refractivity contribution in [3.05, 3.63) is 69.6 Å². The Bertz CT molecular complexity index is 940. The summed E-state index contributed by atoms with van der Waals surface area (Å²) in [5.74, 6) is 0.128. The quantitative estimate of drug-likeness (QED) is 0.342. The van der Waals surface area contributed by atoms with Gasteiger partial charge in [-0.2, -0.15) is 4.98 Å². The Hall–Kier alpha value is -3.46. The molecule has 0 saturated carbocycles. The molecule has 138 valence electrons. The number of benzene rings is 2. The number of nitrogens with zero attached hydrogens (tertiary/aromatic N) is 3. The van der Waals surface area contributed by atoms with E-state index in [2.05, 4.69) is 10.1 Å². The van der Waals surface area contributed by atoms with Crippen LogP contribution in [0.5, 0.6) is 5.75 Å². The van der Waals surface area contributed by atoms with Gasteiger partial charge in [0, 0.05) is 22.7 Å². The molecule has 0 N–H and O–H groups in total. The molecule has 0 aliphatic heterocycles. The first-order valence-electron chi connectivity index (χ1n) is 7.62. The third-order valence-corrected chi connectivity index (χ3v) is 3.58. The summed E-state index contributed by atoms with van der Waals surface area (Å²) in [6.07, 6.45) is 0. The van der Waals surface area contributed by atoms with Crippen LogP contribution in [-0.4, -0.2) is 27.6 Å². The Balaban J connectivity index is 1.48. The average Bonchev–Trinajstić information content (AvgIpc) is 3.14. The van der Waals surface area contributed by atoms with Gasteiger partial charge in [0.05, 0.1) is 4.92 Å². The van der Waals surface area contributed by atoms with E-state index in [9.17, 15) is 14.9 Å². The second-order valence-electron chi connectivity index (χ2n) is 5.22. The number of nitro benzene ring substituents is 1. The van der Waals surface area contributed by atoms with Crippen molar-refractivity contribution in [2.75, 3.05) is 6.61 Å². The molecule has 1 heterocycles. The molecule has 10 heteroatoms. The van der Waals surface area contributed by atoms with Crippen molar-refractivity contribution >= 4 is 23.3 Å². The minimum Gasteiger partial charge on any atom is -0.482 e. The molecule has 27 heavy (non-hydrogen) atoms. The summed E-state index contributed by atoms with van der Waals surface area (Å²) in [6.45, 7) is -0.570. The molecule has 0 radical (unpaired) electrons. The predicted octanol–water partition coefficient (Wildman–Crippen LogP) is 3.42. The molecule has 1 aromatic heterocycles. The molecular weight excluding hydrogens is 378 g/mol. The van der Waals surface area contributed by atoms with E-state index >= 15 is 0 Å². The molecule has 3 aromatic rings. The van der Waals surface area contributed by atoms with E-state index in [1.54, 1.807) is 24.3 Å². The molecular formula is C17H12ClN3O6. The van der Waals surface area contributed by atoms with Gasteiger partial charge in [-0.1, -0.05) is 16.8 Å². The smallest absolute Gasteiger partial charge is 0.344 e. The Labute approximate surface area is 157 Å². The minimum atomic E-state index is -0.653. The zero-order chi connectivity index (χ0) is 19.2. The maximum absolute atomic E-state index is 11.7. The lowest BCUT2D eigenvalue weighted by atomic mass is 10.2. The Morgan fingerprint density at radius 1 is 1.15 bits per heavy atom. The number of halogens is 1. The van der Waals surface area contributed by atoms with E-state index in [1.807, 2.05) is 0 Å². The Morgan fingerprint density at radius 3 is 2.52 bits per heavy atom. The van der Waals surface area contributed by atoms with Crippen LogP contribution >= 0.6 is 11.6 Å². The third kappa shape index (κ3) is 5.02. The van der Waals surface area contributed by atoms with Crippen molar-refractivity contribution in [1.82, 2.24) is 10.1 Å². The molecule has 0 atom stereocenters. The molecule has 2 aromatic carbocycles. The van der Waals surface area contributed by atoms with Crippen molar-refractivity contribution in [1.29, 1.82) is 0 Å². The van der Waals surface area contributed by atoms with Gasteiger partial charge < -0.3 is 14.0 Å². The summed E-state index contributed by atoms with van der Waals surface area (Å²) in [5, 5.41) is 15.0. The second-order valence-corrected chi connectivity index (χ2v) is 5.66. The number of carbonyl (C=O) groups excluding carboxylic acids is 1. The number of hydrogen-bond donors (Lipinski definition) is 0. The molecule has 0 saturated heterocycles. The fourth-order valence-corrected chi connectivity index (χ4v) is 2.15. The highest BCUT2D eigenvalue weighted by Gasteiger charge is 2.12. The summed E-state index contributed by atoms with van der Waals surface area (Å²) >= 11 is 5.82. The average molecular weight is 390 g/mol. The molecule has 0 aliphatic carbocycles. The summed E-state index contributed by atoms with van der Waals surface area (Å²) in [7, 11) is 0. The molecule has 0 unspecified atom stereocenters. The van der Waals surface area contributed by atoms with Crippen LogP contribution in [0.15, 0.2) is 53.1 Å². The zero-order valence-corrected chi connectivity index (χ0v) is 14.5. The van der Waals surface area contributed by atoms with E-state index in [0.717, 1.165) is 0 Å². The van der Waals surface area contributed by atoms with Crippen molar-refractivity contribution in [3.63, 3.8) is 0 Å². The normalized spacial score (nSPS) is 10.4. The summed E-state index contributed by atoms with van der Waals surface area (Å²) in [6, 6.07) is 12.2. The van der Waals surface area contributed by atoms with Gasteiger partial charge in [0.2, 0.25) is 5.82 Å². The highest BCUT2D eigenvalue weighted by atomic mass is 35.5. The van der Waals surface area contributed by atoms with E-state index in [4.69, 9.17) is 25.6 Å². The Morgan fingerprint density at radius 2 is 1.85 bits per heavy atom. The van der Waals surface area contributed by atoms with Gasteiger partial charge in [0.15, 0.2) is 13.2 Å². The number of non-ortho nitro benzene ring substituents is 1. The third-order valence-electron chi connectivity index (χ3n) is 3.33. The largest absolute Gasteiger partial charge is 0.482 e. The number of rotatable bonds is 7. The first-order valence-corrected chi connectivity index (χ1v) is 8.00. The number of ether oxygens (including phenoxy) is 2. The number of carbonyl (C=O) groups is 1. The monoisotopic (exact) mass is 389 g/mol. The fourth-order valence-electron chi connectivity index (χ4n) is 2.02. The number of esters is 1. The van der Waals surface area contributed by atoms with Crippen molar-refractivity contribution in [2.24, 2.45) is 0 Å². The van der Waals surface area contributed by atoms with Gasteiger partial charge in [-0.15, -0.1) is 0 Å². The summed E-state index contributed by atoms with van der Waals surface area (Å²) < 4.78 is 15.2. The van der Waals surface area contributed by atoms with Crippen LogP contribution in [-0.2, 0) is 16.1 Å². The predicted molar refractivity (Wildman–Crippen MR) is 93.1 cm³/mol. The minimum absolute atomic E-state index is 0.0715. The van der Waals surface area contributed by atoms with Gasteiger partial charge in [-0.25, -0.2) is 4.79 Å². The van der Waals surface area contributed by atoms with Gasteiger partial charge in [-0.3, -0.25) is 10.1 Å². The van der Waals surface area contributed by atoms with Gasteiger partial charge in [0.25, 0.3) is 11.6 Å². The van der Waals surface area contributed by atoms with Crippen LogP contribution in [0.4, 0.5) is 5.69 Å². The van der Waals surface area contributed by atoms with Crippen molar-refractivity contribution in [2.45, 2.75) is 6.61 Å².